The maximum absolute atomic E-state index is 13.3. The summed E-state index contributed by atoms with van der Waals surface area (Å²) in [5.41, 5.74) is 1.75. The van der Waals surface area contributed by atoms with E-state index in [1.165, 1.54) is 36.6 Å². The Morgan fingerprint density at radius 1 is 0.879 bits per heavy atom. The highest BCUT2D eigenvalue weighted by Gasteiger charge is 2.27. The second kappa shape index (κ2) is 9.92. The molecule has 0 radical (unpaired) electrons. The van der Waals surface area contributed by atoms with Crippen LogP contribution in [-0.2, 0) is 20.0 Å². The van der Waals surface area contributed by atoms with E-state index in [4.69, 9.17) is 0 Å². The zero-order chi connectivity index (χ0) is 24.4. The quantitative estimate of drug-likeness (QED) is 0.664. The van der Waals surface area contributed by atoms with Crippen molar-refractivity contribution in [3.8, 4) is 0 Å². The van der Waals surface area contributed by atoms with Gasteiger partial charge in [-0.3, -0.25) is 4.79 Å². The molecule has 3 rings (SSSR count). The fraction of sp³-hybridized carbons (Fsp3) is 0.435. The Bertz CT molecular complexity index is 1250. The number of carbonyl (C=O) groups is 1. The number of carbonyl (C=O) groups excluding carboxylic acids is 1. The van der Waals surface area contributed by atoms with Gasteiger partial charge in [-0.15, -0.1) is 0 Å². The van der Waals surface area contributed by atoms with E-state index in [2.05, 4.69) is 5.32 Å². The van der Waals surface area contributed by atoms with Gasteiger partial charge in [-0.25, -0.2) is 21.1 Å². The summed E-state index contributed by atoms with van der Waals surface area (Å²) in [5.74, 6) is -0.509. The van der Waals surface area contributed by atoms with E-state index < -0.39 is 26.0 Å². The van der Waals surface area contributed by atoms with Crippen molar-refractivity contribution >= 4 is 31.6 Å². The number of hydrogen-bond acceptors (Lipinski definition) is 5. The Morgan fingerprint density at radius 3 is 2.09 bits per heavy atom. The molecule has 33 heavy (non-hydrogen) atoms. The summed E-state index contributed by atoms with van der Waals surface area (Å²) in [6.07, 6.45) is 3.70. The van der Waals surface area contributed by atoms with Gasteiger partial charge in [0, 0.05) is 38.4 Å². The van der Waals surface area contributed by atoms with Crippen LogP contribution in [0.5, 0.6) is 0 Å². The lowest BCUT2D eigenvalue weighted by atomic mass is 10.1. The number of sulfonamides is 2. The van der Waals surface area contributed by atoms with E-state index in [-0.39, 0.29) is 15.4 Å². The van der Waals surface area contributed by atoms with Crippen LogP contribution in [0.3, 0.4) is 0 Å². The summed E-state index contributed by atoms with van der Waals surface area (Å²) < 4.78 is 54.1. The molecule has 1 aliphatic heterocycles. The van der Waals surface area contributed by atoms with Crippen molar-refractivity contribution in [1.82, 2.24) is 8.61 Å². The number of benzene rings is 2. The van der Waals surface area contributed by atoms with Crippen LogP contribution in [0, 0.1) is 13.8 Å². The topological polar surface area (TPSA) is 104 Å². The molecule has 2 aromatic rings. The molecule has 0 spiro atoms. The fourth-order valence-electron chi connectivity index (χ4n) is 3.79. The Balaban J connectivity index is 1.92. The standard InChI is InChI=1S/C23H31N3O5S2/c1-17-10-12-20(32(28,29)25(3)4)16-21(17)23(27)24-19-11-9-18(2)22(15-19)33(30,31)26-13-7-5-6-8-14-26/h9-12,15-16H,5-8,13-14H2,1-4H3,(H,24,27). The number of anilines is 1. The maximum Gasteiger partial charge on any atom is 0.255 e. The first-order valence-electron chi connectivity index (χ1n) is 10.9. The van der Waals surface area contributed by atoms with Gasteiger partial charge in [-0.2, -0.15) is 4.31 Å². The molecule has 1 N–H and O–H groups in total. The first-order chi connectivity index (χ1) is 15.4. The molecule has 0 bridgehead atoms. The minimum atomic E-state index is -3.70. The second-order valence-corrected chi connectivity index (χ2v) is 12.6. The van der Waals surface area contributed by atoms with Crippen molar-refractivity contribution in [3.63, 3.8) is 0 Å². The minimum absolute atomic E-state index is 0.0107. The lowest BCUT2D eigenvalue weighted by Crippen LogP contribution is -2.32. The largest absolute Gasteiger partial charge is 0.322 e. The Labute approximate surface area is 196 Å². The SMILES string of the molecule is Cc1ccc(S(=O)(=O)N(C)C)cc1C(=O)Nc1ccc(C)c(S(=O)(=O)N2CCCCCC2)c1. The molecule has 0 aliphatic carbocycles. The monoisotopic (exact) mass is 493 g/mol. The predicted molar refractivity (Wildman–Crippen MR) is 128 cm³/mol. The van der Waals surface area contributed by atoms with Gasteiger partial charge in [0.25, 0.3) is 5.91 Å². The van der Waals surface area contributed by atoms with Crippen LogP contribution in [0.25, 0.3) is 0 Å². The van der Waals surface area contributed by atoms with Crippen LogP contribution in [-0.4, -0.2) is 58.5 Å². The fourth-order valence-corrected chi connectivity index (χ4v) is 6.49. The first kappa shape index (κ1) is 25.4. The van der Waals surface area contributed by atoms with Gasteiger partial charge in [0.1, 0.15) is 0 Å². The lowest BCUT2D eigenvalue weighted by molar-refractivity contribution is 0.102. The predicted octanol–water partition coefficient (Wildman–Crippen LogP) is 3.37. The molecule has 2 aromatic carbocycles. The van der Waals surface area contributed by atoms with E-state index in [0.29, 0.717) is 29.9 Å². The highest BCUT2D eigenvalue weighted by atomic mass is 32.2. The average Bonchev–Trinajstić information content (AvgIpc) is 3.05. The van der Waals surface area contributed by atoms with Crippen LogP contribution in [0.1, 0.15) is 47.2 Å². The molecular formula is C23H31N3O5S2. The average molecular weight is 494 g/mol. The molecule has 1 heterocycles. The number of aryl methyl sites for hydroxylation is 2. The van der Waals surface area contributed by atoms with Gasteiger partial charge in [0.05, 0.1) is 9.79 Å². The van der Waals surface area contributed by atoms with E-state index >= 15 is 0 Å². The van der Waals surface area contributed by atoms with Crippen LogP contribution >= 0.6 is 0 Å². The Hall–Kier alpha value is -2.27. The van der Waals surface area contributed by atoms with E-state index in [9.17, 15) is 21.6 Å². The summed E-state index contributed by atoms with van der Waals surface area (Å²) in [4.78, 5) is 13.2. The van der Waals surface area contributed by atoms with Crippen LogP contribution in [0.2, 0.25) is 0 Å². The molecule has 1 aliphatic rings. The van der Waals surface area contributed by atoms with Crippen molar-refractivity contribution in [2.45, 2.75) is 49.3 Å². The third-order valence-electron chi connectivity index (χ3n) is 5.86. The normalized spacial score (nSPS) is 15.9. The summed E-state index contributed by atoms with van der Waals surface area (Å²) in [6.45, 7) is 4.43. The number of hydrogen-bond donors (Lipinski definition) is 1. The van der Waals surface area contributed by atoms with Gasteiger partial charge in [0.2, 0.25) is 20.0 Å². The molecule has 0 atom stereocenters. The number of rotatable bonds is 6. The van der Waals surface area contributed by atoms with Crippen LogP contribution < -0.4 is 5.32 Å². The third kappa shape index (κ3) is 5.46. The summed E-state index contributed by atoms with van der Waals surface area (Å²) in [6, 6.07) is 9.16. The van der Waals surface area contributed by atoms with Crippen molar-refractivity contribution in [2.75, 3.05) is 32.5 Å². The van der Waals surface area contributed by atoms with Crippen molar-refractivity contribution in [1.29, 1.82) is 0 Å². The van der Waals surface area contributed by atoms with E-state index in [0.717, 1.165) is 30.0 Å². The minimum Gasteiger partial charge on any atom is -0.322 e. The highest BCUT2D eigenvalue weighted by molar-refractivity contribution is 7.89. The Kier molecular flexibility index (Phi) is 7.62. The van der Waals surface area contributed by atoms with Gasteiger partial charge in [-0.1, -0.05) is 25.0 Å². The molecule has 10 heteroatoms. The molecule has 180 valence electrons. The third-order valence-corrected chi connectivity index (χ3v) is 9.71. The second-order valence-electron chi connectivity index (χ2n) is 8.52. The number of nitrogens with one attached hydrogen (secondary N) is 1. The maximum atomic E-state index is 13.3. The lowest BCUT2D eigenvalue weighted by Gasteiger charge is -2.21. The van der Waals surface area contributed by atoms with E-state index in [1.807, 2.05) is 0 Å². The first-order valence-corrected chi connectivity index (χ1v) is 13.8. The Morgan fingerprint density at radius 2 is 1.48 bits per heavy atom. The summed E-state index contributed by atoms with van der Waals surface area (Å²) >= 11 is 0. The molecule has 1 saturated heterocycles. The summed E-state index contributed by atoms with van der Waals surface area (Å²) in [7, 11) is -4.54. The molecule has 8 nitrogen and oxygen atoms in total. The van der Waals surface area contributed by atoms with Gasteiger partial charge in [0.15, 0.2) is 0 Å². The number of nitrogens with zero attached hydrogens (tertiary/aromatic N) is 2. The van der Waals surface area contributed by atoms with Crippen LogP contribution in [0.4, 0.5) is 5.69 Å². The molecular weight excluding hydrogens is 462 g/mol. The van der Waals surface area contributed by atoms with Crippen molar-refractivity contribution < 1.29 is 21.6 Å². The van der Waals surface area contributed by atoms with Crippen molar-refractivity contribution in [3.05, 3.63) is 53.1 Å². The zero-order valence-corrected chi connectivity index (χ0v) is 21.1. The molecule has 0 aromatic heterocycles. The number of amides is 1. The molecule has 1 fully saturated rings. The zero-order valence-electron chi connectivity index (χ0n) is 19.5. The van der Waals surface area contributed by atoms with Gasteiger partial charge >= 0.3 is 0 Å². The van der Waals surface area contributed by atoms with E-state index in [1.54, 1.807) is 32.0 Å². The molecule has 0 saturated carbocycles. The molecule has 0 unspecified atom stereocenters. The molecule has 1 amide bonds. The highest BCUT2D eigenvalue weighted by Crippen LogP contribution is 2.27. The van der Waals surface area contributed by atoms with Gasteiger partial charge in [-0.05, 0) is 62.1 Å². The van der Waals surface area contributed by atoms with Gasteiger partial charge < -0.3 is 5.32 Å². The van der Waals surface area contributed by atoms with Crippen LogP contribution in [0.15, 0.2) is 46.2 Å². The van der Waals surface area contributed by atoms with Crippen molar-refractivity contribution in [2.24, 2.45) is 0 Å². The smallest absolute Gasteiger partial charge is 0.255 e. The summed E-state index contributed by atoms with van der Waals surface area (Å²) in [5, 5.41) is 2.73.